The molecule has 2 heterocycles. The van der Waals surface area contributed by atoms with Crippen LogP contribution in [0.15, 0.2) is 0 Å². The molecule has 2 aliphatic rings. The molecule has 0 aliphatic carbocycles. The van der Waals surface area contributed by atoms with Gasteiger partial charge in [-0.05, 0) is 51.0 Å². The van der Waals surface area contributed by atoms with Crippen LogP contribution in [0.25, 0.3) is 0 Å². The van der Waals surface area contributed by atoms with E-state index in [2.05, 4.69) is 5.32 Å². The number of aliphatic carboxylic acids is 2. The third kappa shape index (κ3) is 5.83. The molecule has 1 atom stereocenters. The van der Waals surface area contributed by atoms with Crippen molar-refractivity contribution < 1.29 is 37.8 Å². The molecule has 1 unspecified atom stereocenters. The molecule has 0 bridgehead atoms. The Morgan fingerprint density at radius 3 is 1.82 bits per heavy atom. The lowest BCUT2D eigenvalue weighted by molar-refractivity contribution is -0.192. The number of piperidine rings is 1. The maximum Gasteiger partial charge on any atom is 0.490 e. The van der Waals surface area contributed by atoms with Gasteiger partial charge in [-0.1, -0.05) is 13.8 Å². The number of halogens is 3. The van der Waals surface area contributed by atoms with E-state index in [1.165, 1.54) is 12.8 Å². The molecule has 0 aromatic rings. The predicted octanol–water partition coefficient (Wildman–Crippen LogP) is 2.50. The zero-order chi connectivity index (χ0) is 21.5. The molecular weight excluding hydrogens is 381 g/mol. The number of hydrogen-bond donors (Lipinski definition) is 3. The van der Waals surface area contributed by atoms with Crippen molar-refractivity contribution >= 4 is 17.8 Å². The molecule has 0 radical (unpaired) electrons. The molecular formula is C18H29F3N2O5. The minimum absolute atomic E-state index is 0.183. The molecule has 28 heavy (non-hydrogen) atoms. The van der Waals surface area contributed by atoms with Gasteiger partial charge in [0.1, 0.15) is 5.41 Å². The van der Waals surface area contributed by atoms with Crippen LogP contribution in [0.2, 0.25) is 0 Å². The first-order valence-corrected chi connectivity index (χ1v) is 9.55. The number of likely N-dealkylation sites (tertiary alicyclic amines) is 1. The Morgan fingerprint density at radius 2 is 1.50 bits per heavy atom. The van der Waals surface area contributed by atoms with Crippen LogP contribution < -0.4 is 5.32 Å². The highest BCUT2D eigenvalue weighted by molar-refractivity contribution is 6.01. The van der Waals surface area contributed by atoms with E-state index < -0.39 is 23.5 Å². The maximum absolute atomic E-state index is 12.7. The number of carboxylic acids is 2. The SMILES string of the molecule is CCC(CC)(C(=O)O)C(=O)N1CCC(C2CCCN2)CC1.O=C(O)C(F)(F)F. The highest BCUT2D eigenvalue weighted by Crippen LogP contribution is 2.33. The lowest BCUT2D eigenvalue weighted by Crippen LogP contribution is -2.51. The van der Waals surface area contributed by atoms with Gasteiger partial charge < -0.3 is 20.4 Å². The van der Waals surface area contributed by atoms with Gasteiger partial charge in [-0.3, -0.25) is 9.59 Å². The number of amides is 1. The van der Waals surface area contributed by atoms with Crippen molar-refractivity contribution in [3.63, 3.8) is 0 Å². The van der Waals surface area contributed by atoms with Crippen molar-refractivity contribution in [2.75, 3.05) is 19.6 Å². The molecule has 0 aromatic heterocycles. The standard InChI is InChI=1S/C16H28N2O3.C2HF3O2/c1-3-16(4-2,15(20)21)14(19)18-10-7-12(8-11-18)13-6-5-9-17-13;3-2(4,5)1(6)7/h12-13,17H,3-11H2,1-2H3,(H,20,21);(H,6,7). The Hall–Kier alpha value is -1.84. The summed E-state index contributed by atoms with van der Waals surface area (Å²) in [6.45, 7) is 6.11. The molecule has 2 aliphatic heterocycles. The van der Waals surface area contributed by atoms with Crippen LogP contribution in [0.3, 0.4) is 0 Å². The number of rotatable bonds is 5. The Bertz CT molecular complexity index is 550. The normalized spacial score (nSPS) is 21.0. The number of carbonyl (C=O) groups is 3. The van der Waals surface area contributed by atoms with Crippen molar-refractivity contribution in [1.82, 2.24) is 10.2 Å². The zero-order valence-corrected chi connectivity index (χ0v) is 16.2. The summed E-state index contributed by atoms with van der Waals surface area (Å²) in [5.41, 5.74) is -1.22. The van der Waals surface area contributed by atoms with E-state index in [9.17, 15) is 27.9 Å². The van der Waals surface area contributed by atoms with Crippen LogP contribution in [0.5, 0.6) is 0 Å². The average molecular weight is 410 g/mol. The molecule has 162 valence electrons. The van der Waals surface area contributed by atoms with Gasteiger partial charge >= 0.3 is 18.1 Å². The van der Waals surface area contributed by atoms with Gasteiger partial charge in [0.05, 0.1) is 0 Å². The van der Waals surface area contributed by atoms with Gasteiger partial charge in [0.25, 0.3) is 0 Å². The molecule has 3 N–H and O–H groups in total. The fourth-order valence-electron chi connectivity index (χ4n) is 3.87. The van der Waals surface area contributed by atoms with Gasteiger partial charge in [0.15, 0.2) is 0 Å². The van der Waals surface area contributed by atoms with E-state index in [0.29, 0.717) is 37.9 Å². The fourth-order valence-corrected chi connectivity index (χ4v) is 3.87. The second kappa shape index (κ2) is 10.1. The Kier molecular flexibility index (Phi) is 8.72. The number of carbonyl (C=O) groups excluding carboxylic acids is 1. The third-order valence-corrected chi connectivity index (χ3v) is 5.76. The lowest BCUT2D eigenvalue weighted by atomic mass is 9.79. The quantitative estimate of drug-likeness (QED) is 0.601. The average Bonchev–Trinajstić information content (AvgIpc) is 3.17. The Labute approximate surface area is 162 Å². The first kappa shape index (κ1) is 24.2. The number of alkyl halides is 3. The van der Waals surface area contributed by atoms with Crippen LogP contribution in [-0.2, 0) is 14.4 Å². The number of nitrogens with zero attached hydrogens (tertiary/aromatic N) is 1. The van der Waals surface area contributed by atoms with Gasteiger partial charge in [-0.15, -0.1) is 0 Å². The summed E-state index contributed by atoms with van der Waals surface area (Å²) in [5.74, 6) is -3.28. The van der Waals surface area contributed by atoms with Crippen LogP contribution in [-0.4, -0.2) is 64.8 Å². The van der Waals surface area contributed by atoms with Crippen molar-refractivity contribution in [1.29, 1.82) is 0 Å². The van der Waals surface area contributed by atoms with Crippen LogP contribution in [0.1, 0.15) is 52.4 Å². The predicted molar refractivity (Wildman–Crippen MR) is 94.7 cm³/mol. The second-order valence-electron chi connectivity index (χ2n) is 7.23. The van der Waals surface area contributed by atoms with Crippen molar-refractivity contribution in [3.8, 4) is 0 Å². The molecule has 10 heteroatoms. The summed E-state index contributed by atoms with van der Waals surface area (Å²) in [6.07, 6.45) is 0.113. The topological polar surface area (TPSA) is 107 Å². The minimum Gasteiger partial charge on any atom is -0.480 e. The summed E-state index contributed by atoms with van der Waals surface area (Å²) in [5, 5.41) is 20.2. The molecule has 0 spiro atoms. The van der Waals surface area contributed by atoms with Crippen molar-refractivity contribution in [2.24, 2.45) is 11.3 Å². The first-order chi connectivity index (χ1) is 13.0. The summed E-state index contributed by atoms with van der Waals surface area (Å²) in [4.78, 5) is 34.9. The number of hydrogen-bond acceptors (Lipinski definition) is 4. The fraction of sp³-hybridized carbons (Fsp3) is 0.833. The van der Waals surface area contributed by atoms with Gasteiger partial charge in [-0.25, -0.2) is 4.79 Å². The zero-order valence-electron chi connectivity index (χ0n) is 16.2. The molecule has 7 nitrogen and oxygen atoms in total. The first-order valence-electron chi connectivity index (χ1n) is 9.55. The second-order valence-corrected chi connectivity index (χ2v) is 7.23. The number of carboxylic acid groups (broad SMARTS) is 2. The summed E-state index contributed by atoms with van der Waals surface area (Å²) < 4.78 is 31.7. The van der Waals surface area contributed by atoms with Crippen molar-refractivity contribution in [3.05, 3.63) is 0 Å². The van der Waals surface area contributed by atoms with Gasteiger partial charge in [0, 0.05) is 19.1 Å². The van der Waals surface area contributed by atoms with Crippen LogP contribution >= 0.6 is 0 Å². The maximum atomic E-state index is 12.7. The largest absolute Gasteiger partial charge is 0.490 e. The Balaban J connectivity index is 0.000000480. The lowest BCUT2D eigenvalue weighted by Gasteiger charge is -2.39. The highest BCUT2D eigenvalue weighted by atomic mass is 19.4. The van der Waals surface area contributed by atoms with Gasteiger partial charge in [-0.2, -0.15) is 13.2 Å². The molecule has 1 amide bonds. The van der Waals surface area contributed by atoms with E-state index in [-0.39, 0.29) is 5.91 Å². The van der Waals surface area contributed by atoms with E-state index in [4.69, 9.17) is 9.90 Å². The molecule has 2 rings (SSSR count). The van der Waals surface area contributed by atoms with Crippen molar-refractivity contribution in [2.45, 2.75) is 64.6 Å². The summed E-state index contributed by atoms with van der Waals surface area (Å²) >= 11 is 0. The van der Waals surface area contributed by atoms with E-state index >= 15 is 0 Å². The monoisotopic (exact) mass is 410 g/mol. The molecule has 0 saturated carbocycles. The smallest absolute Gasteiger partial charge is 0.480 e. The minimum atomic E-state index is -5.08. The summed E-state index contributed by atoms with van der Waals surface area (Å²) in [7, 11) is 0. The van der Waals surface area contributed by atoms with E-state index in [1.807, 2.05) is 0 Å². The molecule has 0 aromatic carbocycles. The summed E-state index contributed by atoms with van der Waals surface area (Å²) in [6, 6.07) is 0.601. The van der Waals surface area contributed by atoms with E-state index in [1.54, 1.807) is 18.7 Å². The molecule has 2 fully saturated rings. The number of nitrogens with one attached hydrogen (secondary N) is 1. The third-order valence-electron chi connectivity index (χ3n) is 5.76. The molecule has 2 saturated heterocycles. The Morgan fingerprint density at radius 1 is 1.00 bits per heavy atom. The highest BCUT2D eigenvalue weighted by Gasteiger charge is 2.46. The van der Waals surface area contributed by atoms with Gasteiger partial charge in [0.2, 0.25) is 5.91 Å². The van der Waals surface area contributed by atoms with Crippen LogP contribution in [0.4, 0.5) is 13.2 Å². The van der Waals surface area contributed by atoms with Crippen LogP contribution in [0, 0.1) is 11.3 Å². The van der Waals surface area contributed by atoms with E-state index in [0.717, 1.165) is 19.4 Å².